The molecule has 0 amide bonds. The van der Waals surface area contributed by atoms with Crippen LogP contribution in [0, 0.1) is 0 Å². The van der Waals surface area contributed by atoms with Crippen LogP contribution < -0.4 is 9.19 Å². The maximum Gasteiger partial charge on any atom is 0.422 e. The average molecular weight is 315 g/mol. The fourth-order valence-corrected chi connectivity index (χ4v) is 5.95. The largest absolute Gasteiger partial charge is 0.422 e. The van der Waals surface area contributed by atoms with Crippen LogP contribution in [0.2, 0.25) is 0 Å². The fourth-order valence-electron chi connectivity index (χ4n) is 3.27. The minimum atomic E-state index is -3.10. The number of fused-ring (bicyclic) bond motifs is 1. The highest BCUT2D eigenvalue weighted by Gasteiger charge is 2.53. The predicted octanol–water partition coefficient (Wildman–Crippen LogP) is 3.55. The standard InChI is InChI=1S/C16H18N3O2P/c20-22(21-16-9-4-10-17-12-16)18-11-5-8-15(18)13-19(22)14-6-2-1-3-7-14/h1-4,6-7,9-10,12,15H,5,8,11,13H2. The summed E-state index contributed by atoms with van der Waals surface area (Å²) in [6.07, 6.45) is 5.45. The van der Waals surface area contributed by atoms with Crippen LogP contribution in [0.5, 0.6) is 5.75 Å². The van der Waals surface area contributed by atoms with E-state index in [4.69, 9.17) is 4.52 Å². The molecule has 2 aliphatic rings. The normalized spacial score (nSPS) is 27.8. The van der Waals surface area contributed by atoms with Crippen LogP contribution in [-0.2, 0) is 4.57 Å². The number of rotatable bonds is 3. The lowest BCUT2D eigenvalue weighted by Crippen LogP contribution is -2.23. The summed E-state index contributed by atoms with van der Waals surface area (Å²) in [5, 5.41) is 0. The van der Waals surface area contributed by atoms with E-state index in [0.29, 0.717) is 11.8 Å². The molecule has 2 atom stereocenters. The molecule has 0 radical (unpaired) electrons. The van der Waals surface area contributed by atoms with Crippen LogP contribution in [-0.4, -0.2) is 28.8 Å². The van der Waals surface area contributed by atoms with Gasteiger partial charge in [-0.3, -0.25) is 9.65 Å². The van der Waals surface area contributed by atoms with Crippen LogP contribution >= 0.6 is 7.67 Å². The molecule has 114 valence electrons. The predicted molar refractivity (Wildman–Crippen MR) is 86.0 cm³/mol. The molecule has 1 aromatic heterocycles. The zero-order chi connectivity index (χ0) is 15.0. The molecule has 0 bridgehead atoms. The van der Waals surface area contributed by atoms with Gasteiger partial charge in [0.15, 0.2) is 0 Å². The van der Waals surface area contributed by atoms with Crippen molar-refractivity contribution >= 4 is 13.4 Å². The van der Waals surface area contributed by atoms with Crippen molar-refractivity contribution in [3.05, 3.63) is 54.9 Å². The van der Waals surface area contributed by atoms with Crippen molar-refractivity contribution in [2.24, 2.45) is 0 Å². The zero-order valence-corrected chi connectivity index (χ0v) is 13.1. The lowest BCUT2D eigenvalue weighted by Gasteiger charge is -2.29. The number of benzene rings is 1. The number of para-hydroxylation sites is 1. The number of aromatic nitrogens is 1. The molecular formula is C16H18N3O2P. The third-order valence-corrected chi connectivity index (χ3v) is 6.90. The van der Waals surface area contributed by atoms with Gasteiger partial charge in [0.05, 0.1) is 6.20 Å². The van der Waals surface area contributed by atoms with Crippen molar-refractivity contribution in [2.45, 2.75) is 18.9 Å². The van der Waals surface area contributed by atoms with Crippen molar-refractivity contribution < 1.29 is 9.09 Å². The van der Waals surface area contributed by atoms with Crippen LogP contribution in [0.4, 0.5) is 5.69 Å². The molecular weight excluding hydrogens is 297 g/mol. The summed E-state index contributed by atoms with van der Waals surface area (Å²) in [6, 6.07) is 13.8. The van der Waals surface area contributed by atoms with E-state index < -0.39 is 7.67 Å². The summed E-state index contributed by atoms with van der Waals surface area (Å²) in [5.74, 6) is 0.555. The highest BCUT2D eigenvalue weighted by molar-refractivity contribution is 7.59. The van der Waals surface area contributed by atoms with Gasteiger partial charge in [0.25, 0.3) is 0 Å². The van der Waals surface area contributed by atoms with Gasteiger partial charge in [-0.1, -0.05) is 18.2 Å². The van der Waals surface area contributed by atoms with E-state index in [1.165, 1.54) is 0 Å². The van der Waals surface area contributed by atoms with E-state index in [1.807, 2.05) is 39.7 Å². The van der Waals surface area contributed by atoms with E-state index in [9.17, 15) is 4.57 Å². The Balaban J connectivity index is 1.73. The van der Waals surface area contributed by atoms with Gasteiger partial charge in [0.1, 0.15) is 5.75 Å². The lowest BCUT2D eigenvalue weighted by atomic mass is 10.2. The van der Waals surface area contributed by atoms with Crippen LogP contribution in [0.3, 0.4) is 0 Å². The van der Waals surface area contributed by atoms with Crippen molar-refractivity contribution in [1.82, 2.24) is 9.65 Å². The Bertz CT molecular complexity index is 695. The van der Waals surface area contributed by atoms with Gasteiger partial charge in [-0.2, -0.15) is 4.67 Å². The van der Waals surface area contributed by atoms with Crippen molar-refractivity contribution in [2.75, 3.05) is 17.8 Å². The fraction of sp³-hybridized carbons (Fsp3) is 0.312. The monoisotopic (exact) mass is 315 g/mol. The van der Waals surface area contributed by atoms with Crippen molar-refractivity contribution in [3.63, 3.8) is 0 Å². The third kappa shape index (κ3) is 2.21. The number of nitrogens with zero attached hydrogens (tertiary/aromatic N) is 3. The molecule has 2 aromatic rings. The van der Waals surface area contributed by atoms with Gasteiger partial charge >= 0.3 is 7.67 Å². The smallest absolute Gasteiger partial charge is 0.416 e. The van der Waals surface area contributed by atoms with Crippen LogP contribution in [0.15, 0.2) is 54.9 Å². The first kappa shape index (κ1) is 13.8. The Morgan fingerprint density at radius 1 is 1.18 bits per heavy atom. The maximum absolute atomic E-state index is 13.7. The number of hydrogen-bond donors (Lipinski definition) is 0. The van der Waals surface area contributed by atoms with Gasteiger partial charge in [0, 0.05) is 31.0 Å². The molecule has 0 N–H and O–H groups in total. The van der Waals surface area contributed by atoms with Crippen molar-refractivity contribution in [3.8, 4) is 5.75 Å². The molecule has 4 rings (SSSR count). The van der Waals surface area contributed by atoms with E-state index >= 15 is 0 Å². The summed E-state index contributed by atoms with van der Waals surface area (Å²) < 4.78 is 23.7. The van der Waals surface area contributed by atoms with Crippen LogP contribution in [0.1, 0.15) is 12.8 Å². The number of pyridine rings is 1. The Labute approximate surface area is 130 Å². The molecule has 2 fully saturated rings. The lowest BCUT2D eigenvalue weighted by molar-refractivity contribution is 0.374. The first-order valence-corrected chi connectivity index (χ1v) is 9.10. The second-order valence-electron chi connectivity index (χ2n) is 5.65. The van der Waals surface area contributed by atoms with Gasteiger partial charge in [-0.25, -0.2) is 4.57 Å². The molecule has 2 saturated heterocycles. The Kier molecular flexibility index (Phi) is 3.40. The topological polar surface area (TPSA) is 45.7 Å². The molecule has 0 saturated carbocycles. The first-order chi connectivity index (χ1) is 10.8. The minimum Gasteiger partial charge on any atom is -0.416 e. The summed E-state index contributed by atoms with van der Waals surface area (Å²) in [4.78, 5) is 4.06. The molecule has 1 aromatic carbocycles. The van der Waals surface area contributed by atoms with Crippen molar-refractivity contribution in [1.29, 1.82) is 0 Å². The van der Waals surface area contributed by atoms with Gasteiger partial charge in [0.2, 0.25) is 0 Å². The number of anilines is 1. The van der Waals surface area contributed by atoms with E-state index in [-0.39, 0.29) is 0 Å². The maximum atomic E-state index is 13.7. The molecule has 0 spiro atoms. The quantitative estimate of drug-likeness (QED) is 0.811. The minimum absolute atomic E-state index is 0.308. The molecule has 2 aliphatic heterocycles. The van der Waals surface area contributed by atoms with Crippen LogP contribution in [0.25, 0.3) is 0 Å². The third-order valence-electron chi connectivity index (χ3n) is 4.27. The van der Waals surface area contributed by atoms with Gasteiger partial charge < -0.3 is 4.52 Å². The molecule has 0 aliphatic carbocycles. The summed E-state index contributed by atoms with van der Waals surface area (Å²) in [5.41, 5.74) is 0.948. The zero-order valence-electron chi connectivity index (χ0n) is 12.2. The molecule has 3 heterocycles. The average Bonchev–Trinajstić information content (AvgIpc) is 3.12. The van der Waals surface area contributed by atoms with Gasteiger partial charge in [-0.05, 0) is 37.1 Å². The molecule has 5 nitrogen and oxygen atoms in total. The molecule has 6 heteroatoms. The highest BCUT2D eigenvalue weighted by Crippen LogP contribution is 2.62. The molecule has 22 heavy (non-hydrogen) atoms. The van der Waals surface area contributed by atoms with E-state index in [1.54, 1.807) is 24.5 Å². The Morgan fingerprint density at radius 3 is 2.82 bits per heavy atom. The number of hydrogen-bond acceptors (Lipinski definition) is 3. The second kappa shape index (κ2) is 5.41. The first-order valence-electron chi connectivity index (χ1n) is 7.57. The second-order valence-corrected chi connectivity index (χ2v) is 7.81. The SMILES string of the molecule is O=P1(Oc2cccnc2)N(c2ccccc2)CC2CCCN21. The van der Waals surface area contributed by atoms with E-state index in [2.05, 4.69) is 4.98 Å². The Hall–Kier alpha value is -1.84. The molecule has 2 unspecified atom stereocenters. The summed E-state index contributed by atoms with van der Waals surface area (Å²) >= 11 is 0. The van der Waals surface area contributed by atoms with Gasteiger partial charge in [-0.15, -0.1) is 0 Å². The highest BCUT2D eigenvalue weighted by atomic mass is 31.2. The summed E-state index contributed by atoms with van der Waals surface area (Å²) in [7, 11) is -3.10. The van der Waals surface area contributed by atoms with E-state index in [0.717, 1.165) is 31.6 Å². The Morgan fingerprint density at radius 2 is 2.05 bits per heavy atom. The summed E-state index contributed by atoms with van der Waals surface area (Å²) in [6.45, 7) is 1.58.